The molecule has 148 valence electrons. The number of rotatable bonds is 6. The fourth-order valence-electron chi connectivity index (χ4n) is 3.26. The molecule has 1 saturated heterocycles. The van der Waals surface area contributed by atoms with Crippen LogP contribution in [0.3, 0.4) is 0 Å². The van der Waals surface area contributed by atoms with Crippen molar-refractivity contribution in [1.82, 2.24) is 20.2 Å². The molecule has 0 bridgehead atoms. The second kappa shape index (κ2) is 9.14. The van der Waals surface area contributed by atoms with Gasteiger partial charge in [-0.1, -0.05) is 12.1 Å². The zero-order valence-corrected chi connectivity index (χ0v) is 15.7. The van der Waals surface area contributed by atoms with Gasteiger partial charge in [0.25, 0.3) is 0 Å². The van der Waals surface area contributed by atoms with Crippen LogP contribution in [0.4, 0.5) is 16.3 Å². The van der Waals surface area contributed by atoms with E-state index in [0.29, 0.717) is 44.0 Å². The smallest absolute Gasteiger partial charge is 0.325 e. The van der Waals surface area contributed by atoms with E-state index in [1.54, 1.807) is 42.9 Å². The Hall–Kier alpha value is -3.20. The van der Waals surface area contributed by atoms with Crippen LogP contribution in [0.15, 0.2) is 42.9 Å². The fraction of sp³-hybridized carbons (Fsp3) is 0.368. The molecule has 1 atom stereocenters. The van der Waals surface area contributed by atoms with Crippen LogP contribution in [0.1, 0.15) is 18.5 Å². The van der Waals surface area contributed by atoms with Crippen molar-refractivity contribution in [3.63, 3.8) is 0 Å². The topological polar surface area (TPSA) is 111 Å². The number of urea groups is 1. The lowest BCUT2D eigenvalue weighted by atomic mass is 10.0. The first-order valence-electron chi connectivity index (χ1n) is 9.21. The van der Waals surface area contributed by atoms with E-state index in [1.165, 1.54) is 0 Å². The number of amides is 2. The average molecular weight is 384 g/mol. The first-order valence-corrected chi connectivity index (χ1v) is 9.21. The quantitative estimate of drug-likeness (QED) is 0.693. The van der Waals surface area contributed by atoms with Gasteiger partial charge in [0, 0.05) is 50.8 Å². The lowest BCUT2D eigenvalue weighted by Gasteiger charge is -2.38. The van der Waals surface area contributed by atoms with Crippen LogP contribution in [0, 0.1) is 0 Å². The number of anilines is 2. The van der Waals surface area contributed by atoms with Crippen molar-refractivity contribution in [2.45, 2.75) is 13.0 Å². The Morgan fingerprint density at radius 1 is 1.14 bits per heavy atom. The third-order valence-corrected chi connectivity index (χ3v) is 4.61. The van der Waals surface area contributed by atoms with Crippen LogP contribution in [-0.2, 0) is 4.79 Å². The predicted molar refractivity (Wildman–Crippen MR) is 105 cm³/mol. The highest BCUT2D eigenvalue weighted by atomic mass is 16.4. The molecule has 28 heavy (non-hydrogen) atoms. The molecule has 9 nitrogen and oxygen atoms in total. The molecule has 0 spiro atoms. The number of carboxylic acid groups (broad SMARTS) is 1. The summed E-state index contributed by atoms with van der Waals surface area (Å²) in [5.41, 5.74) is 1.30. The lowest BCUT2D eigenvalue weighted by Crippen LogP contribution is -2.49. The molecule has 0 radical (unpaired) electrons. The summed E-state index contributed by atoms with van der Waals surface area (Å²) in [5.74, 6) is -0.0906. The van der Waals surface area contributed by atoms with Crippen LogP contribution in [-0.4, -0.2) is 64.7 Å². The first kappa shape index (κ1) is 19.6. The maximum atomic E-state index is 11.9. The number of piperazine rings is 1. The number of carboxylic acids is 1. The minimum Gasteiger partial charge on any atom is -0.480 e. The minimum absolute atomic E-state index is 0.287. The fourth-order valence-corrected chi connectivity index (χ4v) is 3.26. The van der Waals surface area contributed by atoms with Crippen LogP contribution in [0.25, 0.3) is 0 Å². The average Bonchev–Trinajstić information content (AvgIpc) is 2.71. The molecule has 2 heterocycles. The highest BCUT2D eigenvalue weighted by molar-refractivity contribution is 5.89. The summed E-state index contributed by atoms with van der Waals surface area (Å²) in [6.45, 7) is 4.94. The van der Waals surface area contributed by atoms with E-state index in [-0.39, 0.29) is 6.03 Å². The lowest BCUT2D eigenvalue weighted by molar-refractivity contribution is -0.143. The van der Waals surface area contributed by atoms with Crippen molar-refractivity contribution in [3.05, 3.63) is 48.4 Å². The molecule has 2 aromatic rings. The molecular formula is C19H24N6O3. The zero-order chi connectivity index (χ0) is 19.9. The van der Waals surface area contributed by atoms with Crippen molar-refractivity contribution >= 4 is 23.5 Å². The van der Waals surface area contributed by atoms with E-state index in [4.69, 9.17) is 0 Å². The van der Waals surface area contributed by atoms with Crippen molar-refractivity contribution in [2.75, 3.05) is 42.9 Å². The maximum Gasteiger partial charge on any atom is 0.325 e. The van der Waals surface area contributed by atoms with Crippen molar-refractivity contribution in [2.24, 2.45) is 0 Å². The highest BCUT2D eigenvalue weighted by Crippen LogP contribution is 2.25. The molecule has 1 aromatic heterocycles. The second-order valence-electron chi connectivity index (χ2n) is 6.43. The summed E-state index contributed by atoms with van der Waals surface area (Å²) in [6.07, 6.45) is 4.99. The third kappa shape index (κ3) is 4.74. The molecule has 3 N–H and O–H groups in total. The molecule has 3 rings (SSSR count). The molecule has 0 aliphatic carbocycles. The number of carbonyl (C=O) groups excluding carboxylic acids is 1. The Labute approximate surface area is 163 Å². The Bertz CT molecular complexity index is 791. The van der Waals surface area contributed by atoms with E-state index in [9.17, 15) is 14.7 Å². The normalized spacial score (nSPS) is 15.7. The van der Waals surface area contributed by atoms with Crippen LogP contribution < -0.4 is 15.5 Å². The van der Waals surface area contributed by atoms with E-state index < -0.39 is 12.0 Å². The number of nitrogens with zero attached hydrogens (tertiary/aromatic N) is 4. The Morgan fingerprint density at radius 3 is 2.43 bits per heavy atom. The molecule has 0 saturated carbocycles. The van der Waals surface area contributed by atoms with Crippen LogP contribution in [0.2, 0.25) is 0 Å². The van der Waals surface area contributed by atoms with Gasteiger partial charge in [0.05, 0.1) is 6.20 Å². The number of carbonyl (C=O) groups is 2. The van der Waals surface area contributed by atoms with E-state index in [0.717, 1.165) is 5.82 Å². The maximum absolute atomic E-state index is 11.9. The Kier molecular flexibility index (Phi) is 6.38. The Balaban J connectivity index is 1.65. The van der Waals surface area contributed by atoms with Gasteiger partial charge in [0.2, 0.25) is 0 Å². The van der Waals surface area contributed by atoms with Crippen molar-refractivity contribution < 1.29 is 14.7 Å². The van der Waals surface area contributed by atoms with Crippen LogP contribution >= 0.6 is 0 Å². The number of hydrogen-bond acceptors (Lipinski definition) is 6. The molecule has 1 fully saturated rings. The number of nitrogens with one attached hydrogen (secondary N) is 2. The van der Waals surface area contributed by atoms with Gasteiger partial charge < -0.3 is 20.6 Å². The van der Waals surface area contributed by atoms with Crippen LogP contribution in [0.5, 0.6) is 0 Å². The highest BCUT2D eigenvalue weighted by Gasteiger charge is 2.30. The molecule has 2 amide bonds. The summed E-state index contributed by atoms with van der Waals surface area (Å²) in [5, 5.41) is 15.2. The summed E-state index contributed by atoms with van der Waals surface area (Å²) >= 11 is 0. The molecule has 1 aromatic carbocycles. The number of hydrogen-bond donors (Lipinski definition) is 3. The van der Waals surface area contributed by atoms with Gasteiger partial charge in [-0.25, -0.2) is 9.78 Å². The summed E-state index contributed by atoms with van der Waals surface area (Å²) in [6, 6.07) is 5.91. The van der Waals surface area contributed by atoms with Gasteiger partial charge in [0.15, 0.2) is 0 Å². The standard InChI is InChI=1S/C19H24N6O3/c1-2-21-19(28)23-15-5-3-14(4-6-15)17(18(26)27)25-11-9-24(10-12-25)16-13-20-7-8-22-16/h3-8,13,17H,2,9-12H2,1H3,(H,26,27)(H2,21,23,28). The van der Waals surface area contributed by atoms with Crippen molar-refractivity contribution in [3.8, 4) is 0 Å². The number of aromatic nitrogens is 2. The third-order valence-electron chi connectivity index (χ3n) is 4.61. The molecule has 9 heteroatoms. The van der Waals surface area contributed by atoms with Gasteiger partial charge >= 0.3 is 12.0 Å². The van der Waals surface area contributed by atoms with Gasteiger partial charge in [-0.3, -0.25) is 14.7 Å². The second-order valence-corrected chi connectivity index (χ2v) is 6.43. The molecule has 1 aliphatic rings. The Morgan fingerprint density at radius 2 is 1.86 bits per heavy atom. The molecular weight excluding hydrogens is 360 g/mol. The summed E-state index contributed by atoms with van der Waals surface area (Å²) in [4.78, 5) is 36.0. The van der Waals surface area contributed by atoms with Gasteiger partial charge in [0.1, 0.15) is 11.9 Å². The van der Waals surface area contributed by atoms with E-state index in [1.807, 2.05) is 11.8 Å². The number of aliphatic carboxylic acids is 1. The van der Waals surface area contributed by atoms with Gasteiger partial charge in [-0.05, 0) is 24.6 Å². The van der Waals surface area contributed by atoms with E-state index in [2.05, 4.69) is 25.5 Å². The zero-order valence-electron chi connectivity index (χ0n) is 15.7. The van der Waals surface area contributed by atoms with Crippen molar-refractivity contribution in [1.29, 1.82) is 0 Å². The van der Waals surface area contributed by atoms with Gasteiger partial charge in [-0.2, -0.15) is 0 Å². The van der Waals surface area contributed by atoms with Gasteiger partial charge in [-0.15, -0.1) is 0 Å². The first-order chi connectivity index (χ1) is 13.6. The monoisotopic (exact) mass is 384 g/mol. The minimum atomic E-state index is -0.891. The molecule has 1 unspecified atom stereocenters. The predicted octanol–water partition coefficient (Wildman–Crippen LogP) is 1.57. The molecule has 1 aliphatic heterocycles. The van der Waals surface area contributed by atoms with E-state index >= 15 is 0 Å². The number of benzene rings is 1. The summed E-state index contributed by atoms with van der Waals surface area (Å²) < 4.78 is 0. The SMILES string of the molecule is CCNC(=O)Nc1ccc(C(C(=O)O)N2CCN(c3cnccn3)CC2)cc1. The largest absolute Gasteiger partial charge is 0.480 e. The summed E-state index contributed by atoms with van der Waals surface area (Å²) in [7, 11) is 0.